The lowest BCUT2D eigenvalue weighted by molar-refractivity contribution is -0.117. The topological polar surface area (TPSA) is 83.6 Å². The molecule has 6 nitrogen and oxygen atoms in total. The molecule has 0 saturated heterocycles. The van der Waals surface area contributed by atoms with Crippen molar-refractivity contribution in [1.29, 1.82) is 0 Å². The van der Waals surface area contributed by atoms with Crippen LogP contribution in [0.15, 0.2) is 20.0 Å². The summed E-state index contributed by atoms with van der Waals surface area (Å²) >= 11 is 0. The fourth-order valence-electron chi connectivity index (χ4n) is 2.45. The van der Waals surface area contributed by atoms with Gasteiger partial charge in [-0.3, -0.25) is 29.6 Å². The molecule has 0 aromatic heterocycles. The highest BCUT2D eigenvalue weighted by Crippen LogP contribution is 2.00. The molecule has 0 radical (unpaired) electrons. The summed E-state index contributed by atoms with van der Waals surface area (Å²) < 4.78 is 0. The molecule has 6 heteroatoms. The average molecular weight is 332 g/mol. The average Bonchev–Trinajstić information content (AvgIpc) is 2.46. The fourth-order valence-corrected chi connectivity index (χ4v) is 2.45. The van der Waals surface area contributed by atoms with E-state index in [1.165, 1.54) is 0 Å². The van der Waals surface area contributed by atoms with E-state index < -0.39 is 0 Å². The maximum Gasteiger partial charge on any atom is 0.144 e. The number of hydrogen-bond donors (Lipinski definition) is 0. The zero-order valence-corrected chi connectivity index (χ0v) is 15.3. The molecule has 132 valence electrons. The van der Waals surface area contributed by atoms with Crippen LogP contribution in [0.1, 0.15) is 53.4 Å². The minimum Gasteiger partial charge on any atom is -0.299 e. The van der Waals surface area contributed by atoms with Crippen LogP contribution in [0.3, 0.4) is 0 Å². The molecule has 1 heterocycles. The van der Waals surface area contributed by atoms with Crippen LogP contribution in [0.25, 0.3) is 0 Å². The zero-order valence-electron chi connectivity index (χ0n) is 15.3. The number of hydrogen-bond acceptors (Lipinski definition) is 6. The van der Waals surface area contributed by atoms with Crippen LogP contribution in [0.4, 0.5) is 0 Å². The molecule has 0 bridgehead atoms. The van der Waals surface area contributed by atoms with Crippen molar-refractivity contribution in [2.75, 3.05) is 26.2 Å². The van der Waals surface area contributed by atoms with E-state index in [4.69, 9.17) is 0 Å². The van der Waals surface area contributed by atoms with Crippen molar-refractivity contribution >= 4 is 34.4 Å². The van der Waals surface area contributed by atoms with E-state index in [2.05, 4.69) is 20.0 Å². The van der Waals surface area contributed by atoms with E-state index in [1.54, 1.807) is 0 Å². The minimum absolute atomic E-state index is 0.128. The highest BCUT2D eigenvalue weighted by Gasteiger charge is 2.08. The van der Waals surface area contributed by atoms with Gasteiger partial charge < -0.3 is 0 Å². The maximum atomic E-state index is 12.0. The molecule has 1 aliphatic heterocycles. The van der Waals surface area contributed by atoms with Crippen molar-refractivity contribution in [3.05, 3.63) is 0 Å². The first-order valence-electron chi connectivity index (χ1n) is 8.40. The van der Waals surface area contributed by atoms with Crippen LogP contribution in [-0.4, -0.2) is 60.6 Å². The van der Waals surface area contributed by atoms with Crippen molar-refractivity contribution in [3.63, 3.8) is 0 Å². The van der Waals surface area contributed by atoms with Crippen molar-refractivity contribution < 1.29 is 9.59 Å². The van der Waals surface area contributed by atoms with Gasteiger partial charge >= 0.3 is 0 Å². The predicted molar refractivity (Wildman–Crippen MR) is 100 cm³/mol. The minimum atomic E-state index is 0.128. The molecule has 0 aromatic rings. The second kappa shape index (κ2) is 10.7. The van der Waals surface area contributed by atoms with Crippen molar-refractivity contribution in [1.82, 2.24) is 0 Å². The summed E-state index contributed by atoms with van der Waals surface area (Å²) in [6.07, 6.45) is 1.41. The van der Waals surface area contributed by atoms with Gasteiger partial charge in [0.2, 0.25) is 0 Å². The summed E-state index contributed by atoms with van der Waals surface area (Å²) in [5.41, 5.74) is 3.27. The van der Waals surface area contributed by atoms with Crippen molar-refractivity contribution in [2.45, 2.75) is 53.4 Å². The molecule has 0 atom stereocenters. The SMILES string of the molecule is CC1=NCCN=C(C)CC(=O)CC(C)=NCCN=C(C)CC(=O)C1. The summed E-state index contributed by atoms with van der Waals surface area (Å²) in [6, 6.07) is 0. The second-order valence-electron chi connectivity index (χ2n) is 6.25. The van der Waals surface area contributed by atoms with Crippen LogP contribution in [0.2, 0.25) is 0 Å². The van der Waals surface area contributed by atoms with Crippen molar-refractivity contribution in [2.24, 2.45) is 20.0 Å². The monoisotopic (exact) mass is 332 g/mol. The van der Waals surface area contributed by atoms with Crippen LogP contribution in [0.5, 0.6) is 0 Å². The summed E-state index contributed by atoms with van der Waals surface area (Å²) in [6.45, 7) is 9.61. The number of carbonyl (C=O) groups is 2. The highest BCUT2D eigenvalue weighted by atomic mass is 16.1. The van der Waals surface area contributed by atoms with Gasteiger partial charge in [0, 0.05) is 48.5 Å². The lowest BCUT2D eigenvalue weighted by atomic mass is 10.1. The number of rotatable bonds is 0. The van der Waals surface area contributed by atoms with E-state index in [0.717, 1.165) is 22.8 Å². The Kier molecular flexibility index (Phi) is 8.97. The number of carbonyl (C=O) groups excluding carboxylic acids is 2. The number of ketones is 2. The van der Waals surface area contributed by atoms with Gasteiger partial charge in [-0.15, -0.1) is 0 Å². The third kappa shape index (κ3) is 9.22. The molecule has 0 aromatic carbocycles. The van der Waals surface area contributed by atoms with E-state index in [-0.39, 0.29) is 11.6 Å². The summed E-state index contributed by atoms with van der Waals surface area (Å²) in [4.78, 5) is 41.5. The van der Waals surface area contributed by atoms with Gasteiger partial charge in [-0.25, -0.2) is 0 Å². The Balaban J connectivity index is 2.79. The van der Waals surface area contributed by atoms with E-state index in [1.807, 2.05) is 27.7 Å². The third-order valence-electron chi connectivity index (χ3n) is 3.54. The molecular weight excluding hydrogens is 304 g/mol. The summed E-state index contributed by atoms with van der Waals surface area (Å²) in [7, 11) is 0. The van der Waals surface area contributed by atoms with Gasteiger partial charge in [-0.05, 0) is 27.7 Å². The molecule has 0 spiro atoms. The quantitative estimate of drug-likeness (QED) is 0.683. The molecule has 1 aliphatic rings. The molecule has 24 heavy (non-hydrogen) atoms. The first-order valence-corrected chi connectivity index (χ1v) is 8.40. The maximum absolute atomic E-state index is 12.0. The molecule has 0 aliphatic carbocycles. The smallest absolute Gasteiger partial charge is 0.144 e. The Morgan fingerprint density at radius 1 is 0.500 bits per heavy atom. The Bertz CT molecular complexity index is 486. The molecule has 0 N–H and O–H groups in total. The first-order chi connectivity index (χ1) is 11.4. The third-order valence-corrected chi connectivity index (χ3v) is 3.54. The standard InChI is InChI=1S/C18H28N4O2/c1-13-9-17(23)10-14(2)21-7-8-22-16(4)12-18(24)11-15(3)20-6-5-19-13/h5-12H2,1-4H3. The number of Topliss-reactive ketones (excluding diaryl/α,β-unsaturated/α-hetero) is 2. The Labute approximate surface area is 144 Å². The largest absolute Gasteiger partial charge is 0.299 e. The van der Waals surface area contributed by atoms with Gasteiger partial charge in [-0.1, -0.05) is 0 Å². The van der Waals surface area contributed by atoms with Crippen LogP contribution >= 0.6 is 0 Å². The lowest BCUT2D eigenvalue weighted by Crippen LogP contribution is -2.12. The lowest BCUT2D eigenvalue weighted by Gasteiger charge is -2.04. The van der Waals surface area contributed by atoms with E-state index >= 15 is 0 Å². The van der Waals surface area contributed by atoms with Gasteiger partial charge in [0.15, 0.2) is 0 Å². The molecule has 0 saturated carbocycles. The van der Waals surface area contributed by atoms with E-state index in [0.29, 0.717) is 51.9 Å². The number of aliphatic imine (C=N–C) groups is 4. The Morgan fingerprint density at radius 2 is 0.708 bits per heavy atom. The zero-order chi connectivity index (χ0) is 17.9. The predicted octanol–water partition coefficient (Wildman–Crippen LogP) is 2.54. The van der Waals surface area contributed by atoms with E-state index in [9.17, 15) is 9.59 Å². The van der Waals surface area contributed by atoms with Gasteiger partial charge in [-0.2, -0.15) is 0 Å². The van der Waals surface area contributed by atoms with Crippen molar-refractivity contribution in [3.8, 4) is 0 Å². The van der Waals surface area contributed by atoms with Crippen LogP contribution < -0.4 is 0 Å². The second-order valence-corrected chi connectivity index (χ2v) is 6.25. The highest BCUT2D eigenvalue weighted by molar-refractivity contribution is 6.09. The molecule has 1 rings (SSSR count). The van der Waals surface area contributed by atoms with Gasteiger partial charge in [0.1, 0.15) is 11.6 Å². The molecular formula is C18H28N4O2. The molecule has 0 unspecified atom stereocenters. The Morgan fingerprint density at radius 3 is 0.917 bits per heavy atom. The number of nitrogens with zero attached hydrogens (tertiary/aromatic N) is 4. The summed E-state index contributed by atoms with van der Waals surface area (Å²) in [5.74, 6) is 0.257. The van der Waals surface area contributed by atoms with Gasteiger partial charge in [0.05, 0.1) is 26.2 Å². The summed E-state index contributed by atoms with van der Waals surface area (Å²) in [5, 5.41) is 0. The fraction of sp³-hybridized carbons (Fsp3) is 0.667. The first kappa shape index (κ1) is 20.1. The Hall–Kier alpha value is -1.98. The molecule has 0 fully saturated rings. The molecule has 0 amide bonds. The van der Waals surface area contributed by atoms with Crippen LogP contribution in [-0.2, 0) is 9.59 Å². The normalized spacial score (nSPS) is 20.3. The van der Waals surface area contributed by atoms with Gasteiger partial charge in [0.25, 0.3) is 0 Å². The van der Waals surface area contributed by atoms with Crippen LogP contribution in [0, 0.1) is 0 Å².